The van der Waals surface area contributed by atoms with Gasteiger partial charge in [0, 0.05) is 5.71 Å². The highest BCUT2D eigenvalue weighted by Crippen LogP contribution is 2.61. The van der Waals surface area contributed by atoms with E-state index >= 15 is 0 Å². The SMILES string of the molecule is CC(=N)C1(N)C2CC3CC(C2)CC1(OC(N)=O)C3. The maximum Gasteiger partial charge on any atom is 0.405 e. The molecule has 0 spiro atoms. The van der Waals surface area contributed by atoms with Gasteiger partial charge in [0.1, 0.15) is 5.60 Å². The number of hydrogen-bond acceptors (Lipinski definition) is 4. The van der Waals surface area contributed by atoms with Gasteiger partial charge in [0.25, 0.3) is 0 Å². The summed E-state index contributed by atoms with van der Waals surface area (Å²) in [5.41, 5.74) is 10.7. The van der Waals surface area contributed by atoms with Gasteiger partial charge in [0.2, 0.25) is 0 Å². The monoisotopic (exact) mass is 251 g/mol. The average Bonchev–Trinajstić information content (AvgIpc) is 2.23. The molecule has 0 aromatic rings. The molecular weight excluding hydrogens is 230 g/mol. The predicted octanol–water partition coefficient (Wildman–Crippen LogP) is 1.40. The summed E-state index contributed by atoms with van der Waals surface area (Å²) in [4.78, 5) is 11.3. The zero-order valence-electron chi connectivity index (χ0n) is 10.7. The molecule has 4 aliphatic rings. The molecule has 4 aliphatic carbocycles. The number of hydrogen-bond donors (Lipinski definition) is 3. The highest BCUT2D eigenvalue weighted by molar-refractivity contribution is 5.91. The van der Waals surface area contributed by atoms with Crippen LogP contribution < -0.4 is 11.5 Å². The van der Waals surface area contributed by atoms with Gasteiger partial charge in [-0.2, -0.15) is 0 Å². The summed E-state index contributed by atoms with van der Waals surface area (Å²) in [6, 6.07) is 0. The van der Waals surface area contributed by atoms with Crippen LogP contribution in [0.1, 0.15) is 39.0 Å². The number of rotatable bonds is 2. The van der Waals surface area contributed by atoms with Crippen molar-refractivity contribution in [1.82, 2.24) is 0 Å². The van der Waals surface area contributed by atoms with Gasteiger partial charge in [0.15, 0.2) is 0 Å². The largest absolute Gasteiger partial charge is 0.441 e. The van der Waals surface area contributed by atoms with Crippen LogP contribution in [0.2, 0.25) is 0 Å². The average molecular weight is 251 g/mol. The van der Waals surface area contributed by atoms with Crippen molar-refractivity contribution in [2.45, 2.75) is 50.2 Å². The number of carbonyl (C=O) groups excluding carboxylic acids is 1. The van der Waals surface area contributed by atoms with Gasteiger partial charge in [-0.3, -0.25) is 0 Å². The maximum absolute atomic E-state index is 11.3. The first-order valence-electron chi connectivity index (χ1n) is 6.70. The van der Waals surface area contributed by atoms with Crippen LogP contribution in [-0.4, -0.2) is 22.9 Å². The van der Waals surface area contributed by atoms with Crippen molar-refractivity contribution in [3.63, 3.8) is 0 Å². The quantitative estimate of drug-likeness (QED) is 0.646. The second-order valence-corrected chi connectivity index (χ2v) is 6.45. The van der Waals surface area contributed by atoms with Crippen LogP contribution in [0.15, 0.2) is 0 Å². The molecule has 0 aliphatic heterocycles. The summed E-state index contributed by atoms with van der Waals surface area (Å²) in [5.74, 6) is 1.43. The van der Waals surface area contributed by atoms with E-state index < -0.39 is 17.2 Å². The van der Waals surface area contributed by atoms with Crippen LogP contribution in [0.25, 0.3) is 0 Å². The van der Waals surface area contributed by atoms with Crippen molar-refractivity contribution in [2.75, 3.05) is 0 Å². The van der Waals surface area contributed by atoms with E-state index in [1.165, 1.54) is 6.42 Å². The van der Waals surface area contributed by atoms with Crippen LogP contribution in [0.4, 0.5) is 4.79 Å². The minimum atomic E-state index is -0.810. The summed E-state index contributed by atoms with van der Waals surface area (Å²) in [7, 11) is 0. The fourth-order valence-corrected chi connectivity index (χ4v) is 5.00. The lowest BCUT2D eigenvalue weighted by molar-refractivity contribution is -0.160. The Morgan fingerprint density at radius 3 is 2.28 bits per heavy atom. The molecule has 0 aromatic carbocycles. The lowest BCUT2D eigenvalue weighted by atomic mass is 9.45. The normalized spacial score (nSPS) is 49.1. The minimum absolute atomic E-state index is 0.264. The van der Waals surface area contributed by atoms with E-state index in [-0.39, 0.29) is 5.92 Å². The van der Waals surface area contributed by atoms with Gasteiger partial charge in [-0.1, -0.05) is 0 Å². The summed E-state index contributed by atoms with van der Waals surface area (Å²) in [6.45, 7) is 1.73. The summed E-state index contributed by atoms with van der Waals surface area (Å²) in [6.07, 6.45) is 4.13. The first kappa shape index (κ1) is 12.0. The molecule has 1 amide bonds. The van der Waals surface area contributed by atoms with Crippen LogP contribution >= 0.6 is 0 Å². The molecule has 0 aromatic heterocycles. The summed E-state index contributed by atoms with van der Waals surface area (Å²) in [5, 5.41) is 8.08. The Labute approximate surface area is 107 Å². The fraction of sp³-hybridized carbons (Fsp3) is 0.846. The third-order valence-corrected chi connectivity index (χ3v) is 5.45. The Hall–Kier alpha value is -1.10. The lowest BCUT2D eigenvalue weighted by Crippen LogP contribution is -2.77. The van der Waals surface area contributed by atoms with Gasteiger partial charge in [-0.15, -0.1) is 0 Å². The molecule has 0 saturated heterocycles. The number of primary amides is 1. The third-order valence-electron chi connectivity index (χ3n) is 5.45. The van der Waals surface area contributed by atoms with E-state index in [0.717, 1.165) is 25.7 Å². The van der Waals surface area contributed by atoms with Crippen LogP contribution in [0.3, 0.4) is 0 Å². The van der Waals surface area contributed by atoms with Gasteiger partial charge in [0.05, 0.1) is 5.54 Å². The van der Waals surface area contributed by atoms with Crippen molar-refractivity contribution >= 4 is 11.8 Å². The second kappa shape index (κ2) is 3.47. The molecule has 4 bridgehead atoms. The smallest absolute Gasteiger partial charge is 0.405 e. The third kappa shape index (κ3) is 1.31. The van der Waals surface area contributed by atoms with Crippen molar-refractivity contribution in [3.05, 3.63) is 0 Å². The molecule has 100 valence electrons. The molecular formula is C13H21N3O2. The van der Waals surface area contributed by atoms with Crippen LogP contribution in [-0.2, 0) is 4.74 Å². The predicted molar refractivity (Wildman–Crippen MR) is 67.3 cm³/mol. The molecule has 4 rings (SSSR count). The van der Waals surface area contributed by atoms with Crippen molar-refractivity contribution in [1.29, 1.82) is 5.41 Å². The van der Waals surface area contributed by atoms with Crippen molar-refractivity contribution in [3.8, 4) is 0 Å². The maximum atomic E-state index is 11.3. The molecule has 5 heteroatoms. The van der Waals surface area contributed by atoms with E-state index in [1.54, 1.807) is 6.92 Å². The van der Waals surface area contributed by atoms with Gasteiger partial charge in [-0.05, 0) is 56.8 Å². The lowest BCUT2D eigenvalue weighted by Gasteiger charge is -2.64. The Kier molecular flexibility index (Phi) is 2.31. The first-order chi connectivity index (χ1) is 8.37. The molecule has 3 unspecified atom stereocenters. The molecule has 4 saturated carbocycles. The molecule has 4 fully saturated rings. The van der Waals surface area contributed by atoms with E-state index in [9.17, 15) is 4.79 Å². The summed E-state index contributed by atoms with van der Waals surface area (Å²) < 4.78 is 5.50. The van der Waals surface area contributed by atoms with Crippen molar-refractivity contribution < 1.29 is 9.53 Å². The van der Waals surface area contributed by atoms with Crippen molar-refractivity contribution in [2.24, 2.45) is 29.2 Å². The Morgan fingerprint density at radius 1 is 1.28 bits per heavy atom. The van der Waals surface area contributed by atoms with Gasteiger partial charge < -0.3 is 21.6 Å². The van der Waals surface area contributed by atoms with E-state index in [4.69, 9.17) is 21.6 Å². The molecule has 0 heterocycles. The zero-order chi connectivity index (χ0) is 13.1. The number of nitrogens with one attached hydrogen (secondary N) is 1. The van der Waals surface area contributed by atoms with E-state index in [0.29, 0.717) is 17.5 Å². The molecule has 5 nitrogen and oxygen atoms in total. The molecule has 18 heavy (non-hydrogen) atoms. The van der Waals surface area contributed by atoms with Gasteiger partial charge >= 0.3 is 6.09 Å². The van der Waals surface area contributed by atoms with Crippen LogP contribution in [0, 0.1) is 23.2 Å². The molecule has 5 N–H and O–H groups in total. The fourth-order valence-electron chi connectivity index (χ4n) is 5.00. The highest BCUT2D eigenvalue weighted by Gasteiger charge is 2.67. The molecule has 0 radical (unpaired) electrons. The highest BCUT2D eigenvalue weighted by atomic mass is 16.6. The number of nitrogens with two attached hydrogens (primary N) is 2. The Bertz CT molecular complexity index is 408. The number of ether oxygens (including phenoxy) is 1. The number of carbonyl (C=O) groups is 1. The summed E-state index contributed by atoms with van der Waals surface area (Å²) >= 11 is 0. The first-order valence-corrected chi connectivity index (χ1v) is 6.70. The number of amides is 1. The van der Waals surface area contributed by atoms with E-state index in [1.807, 2.05) is 0 Å². The molecule has 3 atom stereocenters. The Balaban J connectivity index is 2.06. The van der Waals surface area contributed by atoms with Crippen LogP contribution in [0.5, 0.6) is 0 Å². The topological polar surface area (TPSA) is 102 Å². The van der Waals surface area contributed by atoms with E-state index in [2.05, 4.69) is 0 Å². The zero-order valence-corrected chi connectivity index (χ0v) is 10.7. The standard InChI is InChI=1S/C13H21N3O2/c1-7(14)13(16)10-3-8-2-9(4-10)6-12(13,5-8)18-11(15)17/h8-10,14H,2-6,16H2,1H3,(H2,15,17). The second-order valence-electron chi connectivity index (χ2n) is 6.45. The van der Waals surface area contributed by atoms with Gasteiger partial charge in [-0.25, -0.2) is 4.79 Å². The minimum Gasteiger partial charge on any atom is -0.441 e. The Morgan fingerprint density at radius 2 is 1.83 bits per heavy atom.